The molecule has 1 atom stereocenters. The van der Waals surface area contributed by atoms with Gasteiger partial charge in [0.05, 0.1) is 6.61 Å². The fourth-order valence-corrected chi connectivity index (χ4v) is 2.55. The van der Waals surface area contributed by atoms with Crippen molar-refractivity contribution < 1.29 is 37.9 Å². The average molecular weight is 396 g/mol. The van der Waals surface area contributed by atoms with Crippen molar-refractivity contribution in [1.82, 2.24) is 0 Å². The highest BCUT2D eigenvalue weighted by atomic mass is 31.2. The third-order valence-electron chi connectivity index (χ3n) is 3.63. The first kappa shape index (κ1) is 25.1. The van der Waals surface area contributed by atoms with Crippen molar-refractivity contribution >= 4 is 19.8 Å². The smallest absolute Gasteiger partial charge is 0.462 e. The Morgan fingerprint density at radius 1 is 0.846 bits per heavy atom. The van der Waals surface area contributed by atoms with Crippen molar-refractivity contribution in [2.75, 3.05) is 13.2 Å². The van der Waals surface area contributed by atoms with E-state index in [2.05, 4.69) is 11.4 Å². The Morgan fingerprint density at radius 2 is 1.38 bits per heavy atom. The van der Waals surface area contributed by atoms with Crippen LogP contribution in [0.25, 0.3) is 0 Å². The number of carbonyl (C=O) groups is 2. The summed E-state index contributed by atoms with van der Waals surface area (Å²) in [5, 5.41) is 0. The van der Waals surface area contributed by atoms with Crippen molar-refractivity contribution in [1.29, 1.82) is 0 Å². The number of hydrogen-bond acceptors (Lipinski definition) is 6. The summed E-state index contributed by atoms with van der Waals surface area (Å²) in [6.45, 7) is 3.29. The van der Waals surface area contributed by atoms with Crippen LogP contribution in [0, 0.1) is 0 Å². The number of unbranched alkanes of at least 4 members (excludes halogenated alkanes) is 6. The summed E-state index contributed by atoms with van der Waals surface area (Å²) >= 11 is 0. The normalized spacial score (nSPS) is 12.6. The van der Waals surface area contributed by atoms with Gasteiger partial charge in [0.2, 0.25) is 0 Å². The van der Waals surface area contributed by atoms with E-state index < -0.39 is 32.5 Å². The molecule has 0 aromatic rings. The Balaban J connectivity index is 4.26. The lowest BCUT2D eigenvalue weighted by Gasteiger charge is -2.18. The van der Waals surface area contributed by atoms with Gasteiger partial charge in [0, 0.05) is 12.8 Å². The number of hydrogen-bond donors (Lipinski definition) is 2. The molecule has 8 nitrogen and oxygen atoms in total. The van der Waals surface area contributed by atoms with Crippen LogP contribution in [0.2, 0.25) is 0 Å². The summed E-state index contributed by atoms with van der Waals surface area (Å²) in [6, 6.07) is 0. The minimum Gasteiger partial charge on any atom is -0.462 e. The van der Waals surface area contributed by atoms with E-state index in [1.807, 2.05) is 6.92 Å². The topological polar surface area (TPSA) is 119 Å². The summed E-state index contributed by atoms with van der Waals surface area (Å²) in [7, 11) is -4.70. The second-order valence-corrected chi connectivity index (χ2v) is 7.44. The van der Waals surface area contributed by atoms with Crippen LogP contribution in [0.4, 0.5) is 0 Å². The number of ether oxygens (including phenoxy) is 2. The molecule has 26 heavy (non-hydrogen) atoms. The maximum Gasteiger partial charge on any atom is 0.469 e. The highest BCUT2D eigenvalue weighted by molar-refractivity contribution is 7.46. The standard InChI is InChI=1S/C17H33O8P/c1-3-5-7-8-10-11-16(18)23-13-15(14-24-26(20,21)22)25-17(19)12-9-6-4-2/h15H,3-14H2,1-2H3,(H2,20,21,22)/t15-/m0/s1. The van der Waals surface area contributed by atoms with Crippen LogP contribution in [0.15, 0.2) is 0 Å². The largest absolute Gasteiger partial charge is 0.469 e. The molecule has 0 aromatic carbocycles. The maximum absolute atomic E-state index is 11.8. The van der Waals surface area contributed by atoms with E-state index in [4.69, 9.17) is 19.3 Å². The maximum atomic E-state index is 11.8. The summed E-state index contributed by atoms with van der Waals surface area (Å²) in [6.07, 6.45) is 6.91. The zero-order valence-corrected chi connectivity index (χ0v) is 16.7. The van der Waals surface area contributed by atoms with E-state index in [1.165, 1.54) is 0 Å². The van der Waals surface area contributed by atoms with Crippen molar-refractivity contribution in [2.45, 2.75) is 84.2 Å². The van der Waals surface area contributed by atoms with Gasteiger partial charge in [0.25, 0.3) is 0 Å². The lowest BCUT2D eigenvalue weighted by Crippen LogP contribution is -2.29. The molecule has 0 saturated carbocycles. The first-order chi connectivity index (χ1) is 12.3. The predicted molar refractivity (Wildman–Crippen MR) is 96.4 cm³/mol. The molecule has 0 fully saturated rings. The molecule has 0 bridgehead atoms. The fourth-order valence-electron chi connectivity index (χ4n) is 2.19. The van der Waals surface area contributed by atoms with Crippen molar-refractivity contribution in [3.63, 3.8) is 0 Å². The van der Waals surface area contributed by atoms with Gasteiger partial charge >= 0.3 is 19.8 Å². The Morgan fingerprint density at radius 3 is 2.00 bits per heavy atom. The van der Waals surface area contributed by atoms with E-state index in [0.29, 0.717) is 6.42 Å². The van der Waals surface area contributed by atoms with Crippen LogP contribution in [0.1, 0.15) is 78.1 Å². The van der Waals surface area contributed by atoms with Gasteiger partial charge in [-0.15, -0.1) is 0 Å². The Hall–Kier alpha value is -0.950. The van der Waals surface area contributed by atoms with E-state index in [9.17, 15) is 14.2 Å². The fraction of sp³-hybridized carbons (Fsp3) is 0.882. The van der Waals surface area contributed by atoms with E-state index in [0.717, 1.165) is 44.9 Å². The Bertz CT molecular complexity index is 434. The zero-order chi connectivity index (χ0) is 19.8. The number of rotatable bonds is 16. The number of phosphoric acid groups is 1. The van der Waals surface area contributed by atoms with Crippen LogP contribution in [0.3, 0.4) is 0 Å². The van der Waals surface area contributed by atoms with Crippen molar-refractivity contribution in [2.24, 2.45) is 0 Å². The summed E-state index contributed by atoms with van der Waals surface area (Å²) in [5.74, 6) is -0.932. The highest BCUT2D eigenvalue weighted by Crippen LogP contribution is 2.35. The first-order valence-electron chi connectivity index (χ1n) is 9.33. The molecular formula is C17H33O8P. The zero-order valence-electron chi connectivity index (χ0n) is 15.9. The molecule has 0 unspecified atom stereocenters. The Labute approximate surface area is 155 Å². The summed E-state index contributed by atoms with van der Waals surface area (Å²) < 4.78 is 25.4. The monoisotopic (exact) mass is 396 g/mol. The van der Waals surface area contributed by atoms with Crippen LogP contribution < -0.4 is 0 Å². The number of esters is 2. The molecule has 0 saturated heterocycles. The molecule has 0 amide bonds. The molecule has 0 aromatic heterocycles. The van der Waals surface area contributed by atoms with E-state index in [-0.39, 0.29) is 19.4 Å². The molecular weight excluding hydrogens is 363 g/mol. The molecule has 154 valence electrons. The first-order valence-corrected chi connectivity index (χ1v) is 10.9. The molecule has 0 radical (unpaired) electrons. The van der Waals surface area contributed by atoms with Crippen molar-refractivity contribution in [3.8, 4) is 0 Å². The lowest BCUT2D eigenvalue weighted by atomic mass is 10.1. The molecule has 2 N–H and O–H groups in total. The quantitative estimate of drug-likeness (QED) is 0.231. The summed E-state index contributed by atoms with van der Waals surface area (Å²) in [5.41, 5.74) is 0. The van der Waals surface area contributed by atoms with E-state index >= 15 is 0 Å². The molecule has 0 rings (SSSR count). The summed E-state index contributed by atoms with van der Waals surface area (Å²) in [4.78, 5) is 41.0. The molecule has 0 aliphatic heterocycles. The average Bonchev–Trinajstić information content (AvgIpc) is 2.56. The van der Waals surface area contributed by atoms with Gasteiger partial charge in [-0.2, -0.15) is 0 Å². The third kappa shape index (κ3) is 16.5. The number of phosphoric ester groups is 1. The van der Waals surface area contributed by atoms with Gasteiger partial charge in [0.1, 0.15) is 6.61 Å². The minimum atomic E-state index is -4.70. The molecule has 0 aliphatic carbocycles. The van der Waals surface area contributed by atoms with Crippen LogP contribution in [-0.4, -0.2) is 41.0 Å². The van der Waals surface area contributed by atoms with Crippen LogP contribution >= 0.6 is 7.82 Å². The van der Waals surface area contributed by atoms with E-state index in [1.54, 1.807) is 0 Å². The van der Waals surface area contributed by atoms with Crippen molar-refractivity contribution in [3.05, 3.63) is 0 Å². The van der Waals surface area contributed by atoms with Gasteiger partial charge in [-0.05, 0) is 12.8 Å². The second kappa shape index (κ2) is 15.1. The highest BCUT2D eigenvalue weighted by Gasteiger charge is 2.22. The predicted octanol–water partition coefficient (Wildman–Crippen LogP) is 3.49. The lowest BCUT2D eigenvalue weighted by molar-refractivity contribution is -0.161. The van der Waals surface area contributed by atoms with Gasteiger partial charge in [-0.25, -0.2) is 4.57 Å². The second-order valence-electron chi connectivity index (χ2n) is 6.20. The molecule has 0 heterocycles. The van der Waals surface area contributed by atoms with Crippen LogP contribution in [0.5, 0.6) is 0 Å². The van der Waals surface area contributed by atoms with Gasteiger partial charge in [-0.1, -0.05) is 52.4 Å². The minimum absolute atomic E-state index is 0.200. The molecule has 9 heteroatoms. The third-order valence-corrected chi connectivity index (χ3v) is 4.11. The number of carbonyl (C=O) groups excluding carboxylic acids is 2. The van der Waals surface area contributed by atoms with Gasteiger partial charge in [-0.3, -0.25) is 14.1 Å². The van der Waals surface area contributed by atoms with Crippen LogP contribution in [-0.2, 0) is 28.2 Å². The molecule has 0 aliphatic rings. The van der Waals surface area contributed by atoms with Gasteiger partial charge in [0.15, 0.2) is 6.10 Å². The SMILES string of the molecule is CCCCCCCC(=O)OC[C@@H](COP(=O)(O)O)OC(=O)CCCCC. The molecule has 0 spiro atoms. The van der Waals surface area contributed by atoms with Gasteiger partial charge < -0.3 is 19.3 Å². The Kier molecular flexibility index (Phi) is 14.6.